The van der Waals surface area contributed by atoms with E-state index >= 15 is 0 Å². The molecular weight excluding hydrogens is 388 g/mol. The molecular formula is C21H22N4O5. The van der Waals surface area contributed by atoms with E-state index in [1.54, 1.807) is 49.4 Å². The summed E-state index contributed by atoms with van der Waals surface area (Å²) in [4.78, 5) is 50.4. The van der Waals surface area contributed by atoms with Gasteiger partial charge in [0.25, 0.3) is 11.8 Å². The first kappa shape index (κ1) is 20.8. The number of rotatable bonds is 6. The van der Waals surface area contributed by atoms with Gasteiger partial charge >= 0.3 is 6.03 Å². The van der Waals surface area contributed by atoms with Gasteiger partial charge in [-0.05, 0) is 42.8 Å². The van der Waals surface area contributed by atoms with Crippen molar-refractivity contribution in [3.8, 4) is 5.75 Å². The lowest BCUT2D eigenvalue weighted by Crippen LogP contribution is -2.42. The van der Waals surface area contributed by atoms with Crippen LogP contribution in [0.5, 0.6) is 5.75 Å². The number of carbonyl (C=O) groups is 4. The summed E-state index contributed by atoms with van der Waals surface area (Å²) in [6.07, 6.45) is 0. The Morgan fingerprint density at radius 2 is 1.87 bits per heavy atom. The maximum Gasteiger partial charge on any atom is 0.325 e. The van der Waals surface area contributed by atoms with Crippen LogP contribution in [0.3, 0.4) is 0 Å². The molecule has 1 heterocycles. The molecule has 0 saturated carbocycles. The third kappa shape index (κ3) is 3.95. The van der Waals surface area contributed by atoms with Gasteiger partial charge in [0.15, 0.2) is 0 Å². The van der Waals surface area contributed by atoms with Gasteiger partial charge in [-0.25, -0.2) is 4.79 Å². The van der Waals surface area contributed by atoms with E-state index in [1.165, 1.54) is 20.2 Å². The van der Waals surface area contributed by atoms with Crippen LogP contribution < -0.4 is 20.7 Å². The van der Waals surface area contributed by atoms with E-state index in [4.69, 9.17) is 4.74 Å². The molecule has 0 aliphatic carbocycles. The number of amides is 5. The van der Waals surface area contributed by atoms with E-state index in [1.807, 2.05) is 0 Å². The van der Waals surface area contributed by atoms with E-state index in [0.29, 0.717) is 22.6 Å². The molecule has 1 aliphatic rings. The third-order valence-corrected chi connectivity index (χ3v) is 4.86. The number of urea groups is 1. The zero-order valence-corrected chi connectivity index (χ0v) is 16.8. The van der Waals surface area contributed by atoms with Gasteiger partial charge < -0.3 is 20.7 Å². The molecule has 2 aromatic carbocycles. The monoisotopic (exact) mass is 410 g/mol. The fraction of sp³-hybridized carbons (Fsp3) is 0.238. The molecule has 5 amide bonds. The van der Waals surface area contributed by atoms with Crippen LogP contribution in [0.1, 0.15) is 22.8 Å². The number of hydrogen-bond acceptors (Lipinski definition) is 5. The Hall–Kier alpha value is -3.88. The Kier molecular flexibility index (Phi) is 5.72. The molecule has 0 unspecified atom stereocenters. The third-order valence-electron chi connectivity index (χ3n) is 4.86. The smallest absolute Gasteiger partial charge is 0.325 e. The summed E-state index contributed by atoms with van der Waals surface area (Å²) in [5, 5.41) is 7.75. The van der Waals surface area contributed by atoms with Crippen LogP contribution in [0.4, 0.5) is 10.5 Å². The van der Waals surface area contributed by atoms with Crippen molar-refractivity contribution in [2.24, 2.45) is 0 Å². The summed E-state index contributed by atoms with van der Waals surface area (Å²) in [6, 6.07) is 12.5. The second-order valence-electron chi connectivity index (χ2n) is 6.89. The van der Waals surface area contributed by atoms with Gasteiger partial charge in [0.2, 0.25) is 5.91 Å². The van der Waals surface area contributed by atoms with Crippen LogP contribution in [0, 0.1) is 0 Å². The maximum atomic E-state index is 13.0. The molecule has 1 aliphatic heterocycles. The summed E-state index contributed by atoms with van der Waals surface area (Å²) in [7, 11) is 3.01. The fourth-order valence-electron chi connectivity index (χ4n) is 3.20. The van der Waals surface area contributed by atoms with Crippen molar-refractivity contribution in [2.45, 2.75) is 12.5 Å². The molecule has 3 rings (SSSR count). The largest absolute Gasteiger partial charge is 0.497 e. The van der Waals surface area contributed by atoms with Crippen molar-refractivity contribution in [3.63, 3.8) is 0 Å². The van der Waals surface area contributed by atoms with Crippen LogP contribution in [0.2, 0.25) is 0 Å². The van der Waals surface area contributed by atoms with E-state index in [2.05, 4.69) is 16.0 Å². The van der Waals surface area contributed by atoms with Crippen LogP contribution in [0.15, 0.2) is 48.5 Å². The first-order chi connectivity index (χ1) is 14.3. The second kappa shape index (κ2) is 8.24. The van der Waals surface area contributed by atoms with E-state index in [9.17, 15) is 19.2 Å². The number of nitrogens with one attached hydrogen (secondary N) is 3. The first-order valence-corrected chi connectivity index (χ1v) is 9.19. The van der Waals surface area contributed by atoms with Crippen LogP contribution >= 0.6 is 0 Å². The number of benzene rings is 2. The zero-order chi connectivity index (χ0) is 21.9. The summed E-state index contributed by atoms with van der Waals surface area (Å²) in [5.41, 5.74) is -0.0219. The molecule has 0 radical (unpaired) electrons. The summed E-state index contributed by atoms with van der Waals surface area (Å²) >= 11 is 0. The Morgan fingerprint density at radius 3 is 2.57 bits per heavy atom. The second-order valence-corrected chi connectivity index (χ2v) is 6.89. The molecule has 1 saturated heterocycles. The minimum atomic E-state index is -1.31. The summed E-state index contributed by atoms with van der Waals surface area (Å²) in [6.45, 7) is 1.11. The SMILES string of the molecule is CNC(=O)c1cccc(NC(=O)CN2C(=O)N[C@@](C)(c3cccc(OC)c3)C2=O)c1. The number of anilines is 1. The standard InChI is InChI=1S/C21H22N4O5/c1-21(14-7-5-9-16(11-14)30-3)19(28)25(20(29)24-21)12-17(26)23-15-8-4-6-13(10-15)18(27)22-2/h4-11H,12H2,1-3H3,(H,22,27)(H,23,26)(H,24,29)/t21-/m0/s1. The molecule has 1 fully saturated rings. The van der Waals surface area contributed by atoms with Crippen molar-refractivity contribution in [3.05, 3.63) is 59.7 Å². The average molecular weight is 410 g/mol. The normalized spacial score (nSPS) is 18.0. The first-order valence-electron chi connectivity index (χ1n) is 9.19. The molecule has 156 valence electrons. The highest BCUT2D eigenvalue weighted by atomic mass is 16.5. The van der Waals surface area contributed by atoms with Crippen LogP contribution in [-0.2, 0) is 15.1 Å². The van der Waals surface area contributed by atoms with E-state index < -0.39 is 29.9 Å². The molecule has 9 nitrogen and oxygen atoms in total. The van der Waals surface area contributed by atoms with Crippen molar-refractivity contribution in [2.75, 3.05) is 26.0 Å². The lowest BCUT2D eigenvalue weighted by atomic mass is 9.92. The Balaban J connectivity index is 1.74. The van der Waals surface area contributed by atoms with Crippen LogP contribution in [0.25, 0.3) is 0 Å². The number of nitrogens with zero attached hydrogens (tertiary/aromatic N) is 1. The van der Waals surface area contributed by atoms with Crippen LogP contribution in [-0.4, -0.2) is 49.4 Å². The predicted molar refractivity (Wildman–Crippen MR) is 109 cm³/mol. The van der Waals surface area contributed by atoms with Crippen molar-refractivity contribution in [1.29, 1.82) is 0 Å². The zero-order valence-electron chi connectivity index (χ0n) is 16.8. The van der Waals surface area contributed by atoms with Gasteiger partial charge in [-0.15, -0.1) is 0 Å². The molecule has 1 atom stereocenters. The summed E-state index contributed by atoms with van der Waals surface area (Å²) in [5.74, 6) is -0.866. The van der Waals surface area contributed by atoms with Gasteiger partial charge in [-0.3, -0.25) is 19.3 Å². The minimum absolute atomic E-state index is 0.297. The van der Waals surface area contributed by atoms with Crippen molar-refractivity contribution >= 4 is 29.4 Å². The van der Waals surface area contributed by atoms with E-state index in [-0.39, 0.29) is 5.91 Å². The van der Waals surface area contributed by atoms with Crippen molar-refractivity contribution in [1.82, 2.24) is 15.5 Å². The van der Waals surface area contributed by atoms with Gasteiger partial charge in [-0.1, -0.05) is 18.2 Å². The molecule has 9 heteroatoms. The van der Waals surface area contributed by atoms with Gasteiger partial charge in [0, 0.05) is 18.3 Å². The number of ether oxygens (including phenoxy) is 1. The Morgan fingerprint density at radius 1 is 1.13 bits per heavy atom. The average Bonchev–Trinajstić information content (AvgIpc) is 2.97. The number of imide groups is 1. The molecule has 3 N–H and O–H groups in total. The lowest BCUT2D eigenvalue weighted by molar-refractivity contribution is -0.133. The number of carbonyl (C=O) groups excluding carboxylic acids is 4. The Labute approximate surface area is 173 Å². The maximum absolute atomic E-state index is 13.0. The molecule has 0 bridgehead atoms. The van der Waals surface area contributed by atoms with E-state index in [0.717, 1.165) is 4.90 Å². The van der Waals surface area contributed by atoms with Gasteiger partial charge in [0.05, 0.1) is 7.11 Å². The molecule has 2 aromatic rings. The highest BCUT2D eigenvalue weighted by molar-refractivity contribution is 6.10. The highest BCUT2D eigenvalue weighted by Crippen LogP contribution is 2.30. The Bertz CT molecular complexity index is 1020. The number of hydrogen-bond donors (Lipinski definition) is 3. The highest BCUT2D eigenvalue weighted by Gasteiger charge is 2.49. The predicted octanol–water partition coefficient (Wildman–Crippen LogP) is 1.46. The van der Waals surface area contributed by atoms with Gasteiger partial charge in [0.1, 0.15) is 17.8 Å². The molecule has 0 aromatic heterocycles. The quantitative estimate of drug-likeness (QED) is 0.624. The van der Waals surface area contributed by atoms with Gasteiger partial charge in [-0.2, -0.15) is 0 Å². The minimum Gasteiger partial charge on any atom is -0.497 e. The van der Waals surface area contributed by atoms with Crippen molar-refractivity contribution < 1.29 is 23.9 Å². The lowest BCUT2D eigenvalue weighted by Gasteiger charge is -2.22. The molecule has 0 spiro atoms. The fourth-order valence-corrected chi connectivity index (χ4v) is 3.20. The number of methoxy groups -OCH3 is 1. The topological polar surface area (TPSA) is 117 Å². The molecule has 30 heavy (non-hydrogen) atoms. The summed E-state index contributed by atoms with van der Waals surface area (Å²) < 4.78 is 5.18.